The van der Waals surface area contributed by atoms with Crippen LogP contribution in [0.25, 0.3) is 0 Å². The second-order valence-electron chi connectivity index (χ2n) is 4.65. The zero-order chi connectivity index (χ0) is 12.6. The average Bonchev–Trinajstić information content (AvgIpc) is 2.83. The molecule has 2 aliphatic heterocycles. The fourth-order valence-electron chi connectivity index (χ4n) is 2.78. The summed E-state index contributed by atoms with van der Waals surface area (Å²) in [6, 6.07) is 9.91. The first kappa shape index (κ1) is 11.5. The molecule has 0 radical (unpaired) electrons. The molecule has 5 nitrogen and oxygen atoms in total. The van der Waals surface area contributed by atoms with Crippen molar-refractivity contribution in [1.82, 2.24) is 4.90 Å². The van der Waals surface area contributed by atoms with Crippen molar-refractivity contribution in [3.63, 3.8) is 0 Å². The number of fused-ring (bicyclic) bond motifs is 1. The Hall–Kier alpha value is -1.59. The van der Waals surface area contributed by atoms with Crippen LogP contribution in [0.15, 0.2) is 30.3 Å². The second-order valence-corrected chi connectivity index (χ2v) is 4.65. The molecule has 96 valence electrons. The molecule has 1 N–H and O–H groups in total. The molecule has 1 amide bonds. The van der Waals surface area contributed by atoms with Crippen molar-refractivity contribution >= 4 is 6.09 Å². The van der Waals surface area contributed by atoms with E-state index < -0.39 is 11.7 Å². The maximum atomic E-state index is 11.0. The first-order valence-electron chi connectivity index (χ1n) is 6.01. The molecule has 2 heterocycles. The summed E-state index contributed by atoms with van der Waals surface area (Å²) in [5.41, 5.74) is 0.588. The van der Waals surface area contributed by atoms with E-state index in [4.69, 9.17) is 14.6 Å². The van der Waals surface area contributed by atoms with Gasteiger partial charge in [0.2, 0.25) is 0 Å². The molecule has 0 saturated carbocycles. The lowest BCUT2D eigenvalue weighted by Crippen LogP contribution is -2.53. The first-order valence-corrected chi connectivity index (χ1v) is 6.01. The Bertz CT molecular complexity index is 450. The Morgan fingerprint density at radius 3 is 2.89 bits per heavy atom. The molecule has 2 saturated heterocycles. The number of hydrogen-bond acceptors (Lipinski definition) is 3. The van der Waals surface area contributed by atoms with Gasteiger partial charge in [0.1, 0.15) is 18.5 Å². The summed E-state index contributed by atoms with van der Waals surface area (Å²) >= 11 is 0. The van der Waals surface area contributed by atoms with Gasteiger partial charge in [0.05, 0.1) is 6.54 Å². The number of amides is 1. The lowest BCUT2D eigenvalue weighted by Gasteiger charge is -2.40. The molecular formula is C13H15NO4. The molecule has 0 unspecified atom stereocenters. The highest BCUT2D eigenvalue weighted by atomic mass is 16.7. The highest BCUT2D eigenvalue weighted by Gasteiger charge is 2.51. The Balaban J connectivity index is 1.90. The minimum atomic E-state index is -0.896. The third kappa shape index (κ3) is 1.67. The van der Waals surface area contributed by atoms with E-state index >= 15 is 0 Å². The number of hydrogen-bond donors (Lipinski definition) is 1. The van der Waals surface area contributed by atoms with Gasteiger partial charge in [-0.05, 0) is 5.56 Å². The van der Waals surface area contributed by atoms with Crippen LogP contribution in [0.2, 0.25) is 0 Å². The third-order valence-electron chi connectivity index (χ3n) is 3.78. The van der Waals surface area contributed by atoms with Gasteiger partial charge < -0.3 is 19.5 Å². The predicted octanol–water partition coefficient (Wildman–Crippen LogP) is 1.64. The van der Waals surface area contributed by atoms with Gasteiger partial charge in [-0.25, -0.2) is 4.79 Å². The van der Waals surface area contributed by atoms with Crippen LogP contribution in [0.3, 0.4) is 0 Å². The number of carbonyl (C=O) groups is 1. The average molecular weight is 249 g/mol. The lowest BCUT2D eigenvalue weighted by atomic mass is 9.82. The zero-order valence-electron chi connectivity index (χ0n) is 9.91. The third-order valence-corrected chi connectivity index (χ3v) is 3.78. The Morgan fingerprint density at radius 2 is 2.17 bits per heavy atom. The molecular weight excluding hydrogens is 234 g/mol. The van der Waals surface area contributed by atoms with Crippen LogP contribution in [-0.2, 0) is 15.1 Å². The summed E-state index contributed by atoms with van der Waals surface area (Å²) in [5, 5.41) is 9.04. The van der Waals surface area contributed by atoms with Crippen LogP contribution in [0.1, 0.15) is 12.0 Å². The van der Waals surface area contributed by atoms with E-state index in [-0.39, 0.29) is 12.9 Å². The van der Waals surface area contributed by atoms with Crippen LogP contribution in [0.5, 0.6) is 0 Å². The molecule has 2 fully saturated rings. The molecule has 3 rings (SSSR count). The van der Waals surface area contributed by atoms with Gasteiger partial charge in [0.15, 0.2) is 0 Å². The minimum Gasteiger partial charge on any atom is -0.465 e. The number of likely N-dealkylation sites (tertiary alicyclic amines) is 1. The second kappa shape index (κ2) is 4.26. The van der Waals surface area contributed by atoms with Gasteiger partial charge in [-0.3, -0.25) is 0 Å². The van der Waals surface area contributed by atoms with Crippen molar-refractivity contribution in [1.29, 1.82) is 0 Å². The molecule has 1 aromatic carbocycles. The molecule has 0 bridgehead atoms. The molecule has 2 atom stereocenters. The quantitative estimate of drug-likeness (QED) is 0.822. The summed E-state index contributed by atoms with van der Waals surface area (Å²) in [7, 11) is 0. The lowest BCUT2D eigenvalue weighted by molar-refractivity contribution is -0.0446. The summed E-state index contributed by atoms with van der Waals surface area (Å²) in [4.78, 5) is 12.4. The zero-order valence-corrected chi connectivity index (χ0v) is 9.91. The van der Waals surface area contributed by atoms with Gasteiger partial charge >= 0.3 is 6.09 Å². The Morgan fingerprint density at radius 1 is 1.39 bits per heavy atom. The number of benzene rings is 1. The maximum absolute atomic E-state index is 11.0. The van der Waals surface area contributed by atoms with Crippen LogP contribution in [-0.4, -0.2) is 42.1 Å². The van der Waals surface area contributed by atoms with E-state index in [9.17, 15) is 4.79 Å². The van der Waals surface area contributed by atoms with Gasteiger partial charge in [-0.2, -0.15) is 0 Å². The van der Waals surface area contributed by atoms with Crippen molar-refractivity contribution in [3.8, 4) is 0 Å². The highest BCUT2D eigenvalue weighted by molar-refractivity contribution is 5.65. The molecule has 18 heavy (non-hydrogen) atoms. The minimum absolute atomic E-state index is 0.218. The summed E-state index contributed by atoms with van der Waals surface area (Å²) in [6.07, 6.45) is -0.481. The van der Waals surface area contributed by atoms with Crippen molar-refractivity contribution < 1.29 is 19.4 Å². The topological polar surface area (TPSA) is 59.0 Å². The molecule has 0 spiro atoms. The largest absolute Gasteiger partial charge is 0.465 e. The van der Waals surface area contributed by atoms with E-state index in [1.165, 1.54) is 4.90 Å². The van der Waals surface area contributed by atoms with Crippen LogP contribution in [0.4, 0.5) is 4.79 Å². The van der Waals surface area contributed by atoms with Gasteiger partial charge in [-0.15, -0.1) is 0 Å². The van der Waals surface area contributed by atoms with Crippen molar-refractivity contribution in [3.05, 3.63) is 35.9 Å². The van der Waals surface area contributed by atoms with Crippen LogP contribution < -0.4 is 0 Å². The fourth-order valence-corrected chi connectivity index (χ4v) is 2.78. The van der Waals surface area contributed by atoms with E-state index in [0.717, 1.165) is 5.56 Å². The maximum Gasteiger partial charge on any atom is 0.407 e. The number of piperidine rings is 1. The van der Waals surface area contributed by atoms with Gasteiger partial charge in [0.25, 0.3) is 0 Å². The molecule has 5 heteroatoms. The highest BCUT2D eigenvalue weighted by Crippen LogP contribution is 2.42. The number of ether oxygens (including phenoxy) is 2. The smallest absolute Gasteiger partial charge is 0.407 e. The SMILES string of the molecule is O=C(O)N1CC[C@]2(c3ccccc3)OCO[C@@H]2C1. The van der Waals surface area contributed by atoms with Gasteiger partial charge in [0, 0.05) is 13.0 Å². The number of nitrogens with zero attached hydrogens (tertiary/aromatic N) is 1. The molecule has 1 aromatic rings. The van der Waals surface area contributed by atoms with Crippen molar-refractivity contribution in [2.75, 3.05) is 19.9 Å². The van der Waals surface area contributed by atoms with E-state index in [0.29, 0.717) is 19.5 Å². The van der Waals surface area contributed by atoms with E-state index in [1.807, 2.05) is 30.3 Å². The van der Waals surface area contributed by atoms with E-state index in [1.54, 1.807) is 0 Å². The van der Waals surface area contributed by atoms with Crippen LogP contribution in [0, 0.1) is 0 Å². The summed E-state index contributed by atoms with van der Waals surface area (Å²) in [5.74, 6) is 0. The summed E-state index contributed by atoms with van der Waals surface area (Å²) < 4.78 is 11.4. The molecule has 0 aliphatic carbocycles. The molecule has 2 aliphatic rings. The number of carboxylic acid groups (broad SMARTS) is 1. The number of rotatable bonds is 1. The summed E-state index contributed by atoms with van der Waals surface area (Å²) in [6.45, 7) is 1.07. The normalized spacial score (nSPS) is 31.1. The van der Waals surface area contributed by atoms with Crippen molar-refractivity contribution in [2.24, 2.45) is 0 Å². The standard InChI is InChI=1S/C13H15NO4/c15-12(16)14-7-6-13(10-4-2-1-3-5-10)11(8-14)17-9-18-13/h1-5,11H,6-9H2,(H,15,16)/t11-,13-/m1/s1. The predicted molar refractivity (Wildman–Crippen MR) is 63.2 cm³/mol. The van der Waals surface area contributed by atoms with Crippen LogP contribution >= 0.6 is 0 Å². The Kier molecular flexibility index (Phi) is 2.72. The first-order chi connectivity index (χ1) is 8.72. The van der Waals surface area contributed by atoms with Gasteiger partial charge in [-0.1, -0.05) is 30.3 Å². The molecule has 0 aromatic heterocycles. The fraction of sp³-hybridized carbons (Fsp3) is 0.462. The monoisotopic (exact) mass is 249 g/mol. The Labute approximate surface area is 105 Å². The van der Waals surface area contributed by atoms with Crippen molar-refractivity contribution in [2.45, 2.75) is 18.1 Å². The van der Waals surface area contributed by atoms with E-state index in [2.05, 4.69) is 0 Å².